The van der Waals surface area contributed by atoms with Crippen LogP contribution in [0.3, 0.4) is 0 Å². The van der Waals surface area contributed by atoms with Crippen LogP contribution in [-0.2, 0) is 0 Å². The Labute approximate surface area is 114 Å². The molecule has 0 bridgehead atoms. The molecule has 94 valence electrons. The predicted octanol–water partition coefficient (Wildman–Crippen LogP) is 5.23. The zero-order valence-electron chi connectivity index (χ0n) is 10.3. The minimum atomic E-state index is 0.500. The highest BCUT2D eigenvalue weighted by atomic mass is 35.5. The smallest absolute Gasteiger partial charge is 0.0823 e. The average molecular weight is 272 g/mol. The molecule has 0 spiro atoms. The molecule has 1 nitrogen and oxygen atoms in total. The first-order valence-corrected chi connectivity index (χ1v) is 7.05. The van der Waals surface area contributed by atoms with Gasteiger partial charge < -0.3 is 5.32 Å². The molecular weight excluding hydrogens is 253 g/mol. The highest BCUT2D eigenvalue weighted by molar-refractivity contribution is 6.43. The second-order valence-corrected chi connectivity index (χ2v) is 5.94. The number of hydrogen-bond donors (Lipinski definition) is 1. The molecule has 1 saturated carbocycles. The summed E-state index contributed by atoms with van der Waals surface area (Å²) in [6, 6.07) is 6.26. The first-order chi connectivity index (χ1) is 8.09. The number of nitrogens with one attached hydrogen (secondary N) is 1. The van der Waals surface area contributed by atoms with Gasteiger partial charge in [-0.05, 0) is 36.8 Å². The van der Waals surface area contributed by atoms with Gasteiger partial charge in [-0.25, -0.2) is 0 Å². The second kappa shape index (κ2) is 5.49. The van der Waals surface area contributed by atoms with Gasteiger partial charge in [-0.1, -0.05) is 49.5 Å². The van der Waals surface area contributed by atoms with E-state index in [0.29, 0.717) is 27.9 Å². The van der Waals surface area contributed by atoms with E-state index in [2.05, 4.69) is 19.2 Å². The molecule has 0 aliphatic heterocycles. The Hall–Kier alpha value is -0.400. The Morgan fingerprint density at radius 3 is 2.41 bits per heavy atom. The molecule has 1 aromatic carbocycles. The lowest BCUT2D eigenvalue weighted by atomic mass is 9.78. The van der Waals surface area contributed by atoms with Crippen molar-refractivity contribution in [2.24, 2.45) is 11.8 Å². The third kappa shape index (κ3) is 2.89. The largest absolute Gasteiger partial charge is 0.381 e. The van der Waals surface area contributed by atoms with Gasteiger partial charge in [0.05, 0.1) is 15.7 Å². The number of benzene rings is 1. The molecule has 17 heavy (non-hydrogen) atoms. The van der Waals surface area contributed by atoms with Crippen LogP contribution in [0.1, 0.15) is 33.1 Å². The normalized spacial score (nSPS) is 29.1. The Kier molecular flexibility index (Phi) is 4.22. The van der Waals surface area contributed by atoms with E-state index >= 15 is 0 Å². The summed E-state index contributed by atoms with van der Waals surface area (Å²) >= 11 is 12.2. The van der Waals surface area contributed by atoms with Crippen LogP contribution < -0.4 is 5.32 Å². The van der Waals surface area contributed by atoms with Crippen molar-refractivity contribution in [3.63, 3.8) is 0 Å². The van der Waals surface area contributed by atoms with Gasteiger partial charge in [0.2, 0.25) is 0 Å². The molecule has 1 N–H and O–H groups in total. The summed E-state index contributed by atoms with van der Waals surface area (Å²) in [5.74, 6) is 1.38. The van der Waals surface area contributed by atoms with E-state index in [1.807, 2.05) is 18.2 Å². The lowest BCUT2D eigenvalue weighted by Crippen LogP contribution is -2.37. The number of halogens is 2. The van der Waals surface area contributed by atoms with Crippen LogP contribution in [0.15, 0.2) is 18.2 Å². The van der Waals surface area contributed by atoms with Crippen molar-refractivity contribution in [3.05, 3.63) is 28.2 Å². The summed E-state index contributed by atoms with van der Waals surface area (Å²) in [5, 5.41) is 4.83. The van der Waals surface area contributed by atoms with Crippen molar-refractivity contribution < 1.29 is 0 Å². The van der Waals surface area contributed by atoms with E-state index < -0.39 is 0 Å². The fourth-order valence-electron chi connectivity index (χ4n) is 2.76. The zero-order valence-corrected chi connectivity index (χ0v) is 11.9. The summed E-state index contributed by atoms with van der Waals surface area (Å²) in [4.78, 5) is 0. The van der Waals surface area contributed by atoms with Crippen LogP contribution in [0.5, 0.6) is 0 Å². The third-order valence-corrected chi connectivity index (χ3v) is 4.64. The SMILES string of the molecule is CC1CCCC(C)C1Nc1cccc(Cl)c1Cl. The van der Waals surface area contributed by atoms with Gasteiger partial charge >= 0.3 is 0 Å². The molecule has 0 saturated heterocycles. The van der Waals surface area contributed by atoms with Gasteiger partial charge in [0.1, 0.15) is 0 Å². The summed E-state index contributed by atoms with van der Waals surface area (Å²) in [5.41, 5.74) is 0.963. The maximum atomic E-state index is 6.21. The Morgan fingerprint density at radius 1 is 1.12 bits per heavy atom. The Morgan fingerprint density at radius 2 is 1.76 bits per heavy atom. The summed E-state index contributed by atoms with van der Waals surface area (Å²) in [6.07, 6.45) is 3.92. The van der Waals surface area contributed by atoms with Crippen molar-refractivity contribution in [1.82, 2.24) is 0 Å². The molecule has 0 heterocycles. The van der Waals surface area contributed by atoms with Crippen LogP contribution in [-0.4, -0.2) is 6.04 Å². The van der Waals surface area contributed by atoms with Crippen molar-refractivity contribution in [1.29, 1.82) is 0 Å². The van der Waals surface area contributed by atoms with Crippen LogP contribution in [0.25, 0.3) is 0 Å². The predicted molar refractivity (Wildman–Crippen MR) is 76.1 cm³/mol. The molecule has 1 aliphatic carbocycles. The Bertz CT molecular complexity index is 382. The number of hydrogen-bond acceptors (Lipinski definition) is 1. The van der Waals surface area contributed by atoms with Crippen molar-refractivity contribution in [3.8, 4) is 0 Å². The minimum Gasteiger partial charge on any atom is -0.381 e. The summed E-state index contributed by atoms with van der Waals surface area (Å²) < 4.78 is 0. The van der Waals surface area contributed by atoms with Crippen molar-refractivity contribution >= 4 is 28.9 Å². The number of anilines is 1. The van der Waals surface area contributed by atoms with Crippen LogP contribution in [0.2, 0.25) is 10.0 Å². The van der Waals surface area contributed by atoms with Gasteiger partial charge in [-0.15, -0.1) is 0 Å². The molecule has 1 aromatic rings. The lowest BCUT2D eigenvalue weighted by molar-refractivity contribution is 0.268. The van der Waals surface area contributed by atoms with Gasteiger partial charge in [-0.3, -0.25) is 0 Å². The van der Waals surface area contributed by atoms with Crippen molar-refractivity contribution in [2.75, 3.05) is 5.32 Å². The van der Waals surface area contributed by atoms with E-state index in [1.165, 1.54) is 19.3 Å². The highest BCUT2D eigenvalue weighted by Gasteiger charge is 2.27. The van der Waals surface area contributed by atoms with Gasteiger partial charge in [0.25, 0.3) is 0 Å². The topological polar surface area (TPSA) is 12.0 Å². The average Bonchev–Trinajstić information content (AvgIpc) is 2.29. The molecule has 2 atom stereocenters. The molecule has 0 radical (unpaired) electrons. The summed E-state index contributed by atoms with van der Waals surface area (Å²) in [7, 11) is 0. The van der Waals surface area contributed by atoms with Gasteiger partial charge in [0, 0.05) is 6.04 Å². The van der Waals surface area contributed by atoms with Gasteiger partial charge in [0.15, 0.2) is 0 Å². The van der Waals surface area contributed by atoms with Crippen molar-refractivity contribution in [2.45, 2.75) is 39.2 Å². The summed E-state index contributed by atoms with van der Waals surface area (Å²) in [6.45, 7) is 4.62. The molecule has 3 heteroatoms. The van der Waals surface area contributed by atoms with Crippen LogP contribution >= 0.6 is 23.2 Å². The molecule has 0 aromatic heterocycles. The van der Waals surface area contributed by atoms with E-state index in [0.717, 1.165) is 5.69 Å². The standard InChI is InChI=1S/C14H19Cl2N/c1-9-5-3-6-10(2)14(9)17-12-8-4-7-11(15)13(12)16/h4,7-10,14,17H,3,5-6H2,1-2H3. The Balaban J connectivity index is 2.16. The van der Waals surface area contributed by atoms with E-state index in [1.54, 1.807) is 0 Å². The van der Waals surface area contributed by atoms with E-state index in [4.69, 9.17) is 23.2 Å². The maximum absolute atomic E-state index is 6.21. The first-order valence-electron chi connectivity index (χ1n) is 6.30. The molecule has 1 fully saturated rings. The molecule has 0 amide bonds. The second-order valence-electron chi connectivity index (χ2n) is 5.16. The third-order valence-electron chi connectivity index (χ3n) is 3.82. The monoisotopic (exact) mass is 271 g/mol. The van der Waals surface area contributed by atoms with E-state index in [9.17, 15) is 0 Å². The quantitative estimate of drug-likeness (QED) is 0.777. The van der Waals surface area contributed by atoms with Crippen LogP contribution in [0, 0.1) is 11.8 Å². The fourth-order valence-corrected chi connectivity index (χ4v) is 3.12. The minimum absolute atomic E-state index is 0.500. The molecule has 2 unspecified atom stereocenters. The first kappa shape index (κ1) is 13.0. The molecule has 1 aliphatic rings. The molecule has 2 rings (SSSR count). The highest BCUT2D eigenvalue weighted by Crippen LogP contribution is 2.35. The fraction of sp³-hybridized carbons (Fsp3) is 0.571. The lowest BCUT2D eigenvalue weighted by Gasteiger charge is -2.36. The van der Waals surface area contributed by atoms with Crippen LogP contribution in [0.4, 0.5) is 5.69 Å². The molecular formula is C14H19Cl2N. The van der Waals surface area contributed by atoms with E-state index in [-0.39, 0.29) is 0 Å². The number of rotatable bonds is 2. The zero-order chi connectivity index (χ0) is 12.4. The maximum Gasteiger partial charge on any atom is 0.0823 e. The van der Waals surface area contributed by atoms with Gasteiger partial charge in [-0.2, -0.15) is 0 Å².